The third kappa shape index (κ3) is 6.91. The Morgan fingerprint density at radius 1 is 1.07 bits per heavy atom. The molecule has 0 spiro atoms. The van der Waals surface area contributed by atoms with E-state index in [0.29, 0.717) is 6.54 Å². The van der Waals surface area contributed by atoms with E-state index < -0.39 is 17.7 Å². The minimum atomic E-state index is -2.12. The second kappa shape index (κ2) is 10.1. The largest absolute Gasteiger partial charge is 0.478 e. The van der Waals surface area contributed by atoms with Crippen LogP contribution in [0.15, 0.2) is 65.7 Å². The normalized spacial score (nSPS) is 13.1. The molecule has 0 aliphatic rings. The highest BCUT2D eigenvalue weighted by Gasteiger charge is 2.34. The second-order valence-corrected chi connectivity index (χ2v) is 5.99. The quantitative estimate of drug-likeness (QED) is 0.357. The average molecular weight is 369 g/mol. The molecule has 7 heteroatoms. The first-order chi connectivity index (χ1) is 13.0. The number of rotatable bonds is 9. The van der Waals surface area contributed by atoms with Gasteiger partial charge in [0.25, 0.3) is 0 Å². The molecule has 0 saturated carbocycles. The van der Waals surface area contributed by atoms with Crippen molar-refractivity contribution in [2.45, 2.75) is 25.1 Å². The van der Waals surface area contributed by atoms with Gasteiger partial charge in [0.1, 0.15) is 6.61 Å². The van der Waals surface area contributed by atoms with Gasteiger partial charge in [-0.1, -0.05) is 60.7 Å². The van der Waals surface area contributed by atoms with Crippen molar-refractivity contribution in [3.05, 3.63) is 71.8 Å². The van der Waals surface area contributed by atoms with Gasteiger partial charge in [-0.25, -0.2) is 9.59 Å². The summed E-state index contributed by atoms with van der Waals surface area (Å²) in [5.41, 5.74) is 5.57. The number of carbonyl (C=O) groups is 2. The number of nitrogens with two attached hydrogens (primary N) is 1. The number of ether oxygens (including phenoxy) is 1. The topological polar surface area (TPSA) is 114 Å². The predicted molar refractivity (Wildman–Crippen MR) is 102 cm³/mol. The number of carboxylic acid groups (broad SMARTS) is 1. The molecular weight excluding hydrogens is 346 g/mol. The summed E-state index contributed by atoms with van der Waals surface area (Å²) in [5.74, 6) is -1.43. The summed E-state index contributed by atoms with van der Waals surface area (Å²) in [6, 6.07) is 18.9. The Bertz CT molecular complexity index is 765. The van der Waals surface area contributed by atoms with Crippen LogP contribution in [0.2, 0.25) is 0 Å². The molecule has 142 valence electrons. The van der Waals surface area contributed by atoms with Crippen LogP contribution in [0.1, 0.15) is 17.5 Å². The fourth-order valence-electron chi connectivity index (χ4n) is 2.30. The van der Waals surface area contributed by atoms with Crippen molar-refractivity contribution in [2.24, 2.45) is 10.7 Å². The first-order valence-electron chi connectivity index (χ1n) is 8.55. The van der Waals surface area contributed by atoms with Crippen molar-refractivity contribution < 1.29 is 19.4 Å². The molecule has 2 rings (SSSR count). The van der Waals surface area contributed by atoms with E-state index in [1.807, 2.05) is 48.5 Å². The lowest BCUT2D eigenvalue weighted by molar-refractivity contribution is -0.141. The molecule has 0 heterocycles. The van der Waals surface area contributed by atoms with Crippen molar-refractivity contribution in [1.29, 1.82) is 0 Å². The molecule has 27 heavy (non-hydrogen) atoms. The highest BCUT2D eigenvalue weighted by atomic mass is 16.5. The van der Waals surface area contributed by atoms with Crippen molar-refractivity contribution in [3.63, 3.8) is 0 Å². The number of hydrogen-bond donors (Lipinski definition) is 3. The molecule has 0 aliphatic carbocycles. The summed E-state index contributed by atoms with van der Waals surface area (Å²) in [6.45, 7) is 0.401. The van der Waals surface area contributed by atoms with Gasteiger partial charge in [0.05, 0.1) is 6.21 Å². The molecule has 0 fully saturated rings. The van der Waals surface area contributed by atoms with E-state index in [9.17, 15) is 14.7 Å². The number of alkyl carbamates (subject to hydrolysis) is 1. The number of amides is 1. The number of benzene rings is 2. The van der Waals surface area contributed by atoms with Crippen molar-refractivity contribution in [2.75, 3.05) is 6.54 Å². The lowest BCUT2D eigenvalue weighted by Gasteiger charge is -2.21. The van der Waals surface area contributed by atoms with Crippen molar-refractivity contribution in [3.8, 4) is 0 Å². The monoisotopic (exact) mass is 369 g/mol. The summed E-state index contributed by atoms with van der Waals surface area (Å²) < 4.78 is 5.00. The molecule has 0 aromatic heterocycles. The van der Waals surface area contributed by atoms with Crippen LogP contribution in [0.25, 0.3) is 0 Å². The number of hydrogen-bond acceptors (Lipinski definition) is 5. The maximum absolute atomic E-state index is 11.9. The number of carbonyl (C=O) groups excluding carboxylic acids is 1. The number of aliphatic carboxylic acids is 1. The van der Waals surface area contributed by atoms with Gasteiger partial charge in [0.15, 0.2) is 0 Å². The van der Waals surface area contributed by atoms with E-state index in [-0.39, 0.29) is 6.61 Å². The fourth-order valence-corrected chi connectivity index (χ4v) is 2.30. The maximum atomic E-state index is 11.9. The van der Waals surface area contributed by atoms with Crippen LogP contribution in [-0.2, 0) is 22.6 Å². The molecular formula is C20H23N3O4. The van der Waals surface area contributed by atoms with Gasteiger partial charge in [-0.3, -0.25) is 16.0 Å². The molecule has 4 N–H and O–H groups in total. The van der Waals surface area contributed by atoms with Crippen LogP contribution >= 0.6 is 0 Å². The summed E-state index contributed by atoms with van der Waals surface area (Å²) in [7, 11) is 0. The Hall–Kier alpha value is -3.19. The fraction of sp³-hybridized carbons (Fsp3) is 0.250. The standard InChI is InChI=1S/C20H23N3O4/c21-20(18(24)25,15-22-13-7-12-16-8-3-1-4-9-16)23-19(26)27-14-17-10-5-2-6-11-17/h1-6,8-11,15H,7,12-14,21H2,(H,23,26)(H,24,25)/t20-/m0/s1. The van der Waals surface area contributed by atoms with Gasteiger partial charge in [0.2, 0.25) is 5.66 Å². The van der Waals surface area contributed by atoms with E-state index in [1.165, 1.54) is 5.56 Å². The number of aliphatic imine (C=N–C) groups is 1. The molecule has 0 radical (unpaired) electrons. The SMILES string of the molecule is N[C@@](C=NCCCc1ccccc1)(NC(=O)OCc1ccccc1)C(=O)O. The second-order valence-electron chi connectivity index (χ2n) is 5.99. The van der Waals surface area contributed by atoms with Crippen LogP contribution in [0.5, 0.6) is 0 Å². The van der Waals surface area contributed by atoms with Crippen LogP contribution in [0, 0.1) is 0 Å². The van der Waals surface area contributed by atoms with Gasteiger partial charge in [0, 0.05) is 6.54 Å². The van der Waals surface area contributed by atoms with Crippen LogP contribution in [0.4, 0.5) is 4.79 Å². The first-order valence-corrected chi connectivity index (χ1v) is 8.55. The summed E-state index contributed by atoms with van der Waals surface area (Å²) in [6.07, 6.45) is 1.65. The zero-order chi connectivity index (χ0) is 19.5. The Kier molecular flexibility index (Phi) is 7.51. The molecule has 0 unspecified atom stereocenters. The molecule has 2 aromatic rings. The van der Waals surface area contributed by atoms with Crippen LogP contribution in [0.3, 0.4) is 0 Å². The summed E-state index contributed by atoms with van der Waals surface area (Å²) >= 11 is 0. The zero-order valence-corrected chi connectivity index (χ0v) is 14.9. The van der Waals surface area contributed by atoms with E-state index in [2.05, 4.69) is 10.3 Å². The Morgan fingerprint density at radius 3 is 2.26 bits per heavy atom. The Morgan fingerprint density at radius 2 is 1.67 bits per heavy atom. The van der Waals surface area contributed by atoms with Gasteiger partial charge < -0.3 is 9.84 Å². The lowest BCUT2D eigenvalue weighted by Crippen LogP contribution is -2.63. The lowest BCUT2D eigenvalue weighted by atomic mass is 10.1. The number of nitrogens with one attached hydrogen (secondary N) is 1. The van der Waals surface area contributed by atoms with Gasteiger partial charge in [-0.2, -0.15) is 0 Å². The highest BCUT2D eigenvalue weighted by molar-refractivity contribution is 6.01. The van der Waals surface area contributed by atoms with Gasteiger partial charge in [-0.05, 0) is 24.0 Å². The maximum Gasteiger partial charge on any atom is 0.409 e. The predicted octanol–water partition coefficient (Wildman–Crippen LogP) is 2.36. The molecule has 2 aromatic carbocycles. The number of nitrogens with zero attached hydrogens (tertiary/aromatic N) is 1. The molecule has 7 nitrogen and oxygen atoms in total. The molecule has 0 bridgehead atoms. The van der Waals surface area contributed by atoms with Crippen molar-refractivity contribution >= 4 is 18.3 Å². The van der Waals surface area contributed by atoms with Gasteiger partial charge >= 0.3 is 12.1 Å². The third-order valence-corrected chi connectivity index (χ3v) is 3.77. The highest BCUT2D eigenvalue weighted by Crippen LogP contribution is 2.04. The molecule has 0 saturated heterocycles. The van der Waals surface area contributed by atoms with E-state index in [1.54, 1.807) is 12.1 Å². The smallest absolute Gasteiger partial charge is 0.409 e. The van der Waals surface area contributed by atoms with Gasteiger partial charge in [-0.15, -0.1) is 0 Å². The molecule has 1 amide bonds. The number of carboxylic acids is 1. The van der Waals surface area contributed by atoms with Crippen molar-refractivity contribution in [1.82, 2.24) is 5.32 Å². The number of aryl methyl sites for hydroxylation is 1. The van der Waals surface area contributed by atoms with E-state index in [0.717, 1.165) is 24.6 Å². The Balaban J connectivity index is 1.82. The van der Waals surface area contributed by atoms with E-state index >= 15 is 0 Å². The van der Waals surface area contributed by atoms with Crippen LogP contribution in [-0.4, -0.2) is 35.6 Å². The van der Waals surface area contributed by atoms with E-state index in [4.69, 9.17) is 10.5 Å². The minimum Gasteiger partial charge on any atom is -0.478 e. The summed E-state index contributed by atoms with van der Waals surface area (Å²) in [5, 5.41) is 11.5. The van der Waals surface area contributed by atoms with Crippen LogP contribution < -0.4 is 11.1 Å². The minimum absolute atomic E-state index is 0.0105. The average Bonchev–Trinajstić information content (AvgIpc) is 2.67. The molecule has 1 atom stereocenters. The zero-order valence-electron chi connectivity index (χ0n) is 14.9. The molecule has 0 aliphatic heterocycles. The third-order valence-electron chi connectivity index (χ3n) is 3.77. The Labute approximate surface area is 157 Å². The first kappa shape index (κ1) is 20.1. The summed E-state index contributed by atoms with van der Waals surface area (Å²) in [4.78, 5) is 27.4.